The fraction of sp³-hybridized carbons (Fsp3) is 0.333. The summed E-state index contributed by atoms with van der Waals surface area (Å²) >= 11 is 1.38. The van der Waals surface area contributed by atoms with Gasteiger partial charge in [-0.3, -0.25) is 9.48 Å². The molecule has 1 amide bonds. The van der Waals surface area contributed by atoms with Crippen LogP contribution in [-0.4, -0.2) is 29.1 Å². The maximum Gasteiger partial charge on any atom is 0.285 e. The van der Waals surface area contributed by atoms with Crippen LogP contribution in [0, 0.1) is 0 Å². The fourth-order valence-corrected chi connectivity index (χ4v) is 2.40. The summed E-state index contributed by atoms with van der Waals surface area (Å²) < 4.78 is 6.63. The molecule has 1 unspecified atom stereocenters. The van der Waals surface area contributed by atoms with Crippen LogP contribution >= 0.6 is 11.3 Å². The highest BCUT2D eigenvalue weighted by atomic mass is 32.1. The summed E-state index contributed by atoms with van der Waals surface area (Å²) in [5.74, 6) is -0.290. The smallest absolute Gasteiger partial charge is 0.285 e. The first kappa shape index (κ1) is 13.7. The minimum Gasteiger partial charge on any atom is -0.354 e. The maximum absolute atomic E-state index is 11.8. The predicted molar refractivity (Wildman–Crippen MR) is 71.5 cm³/mol. The molecule has 102 valence electrons. The Bertz CT molecular complexity index is 564. The highest BCUT2D eigenvalue weighted by molar-refractivity contribution is 7.17. The summed E-state index contributed by atoms with van der Waals surface area (Å²) in [5, 5.41) is 4.10. The van der Waals surface area contributed by atoms with Crippen LogP contribution in [0.15, 0.2) is 24.4 Å². The van der Waals surface area contributed by atoms with E-state index in [1.165, 1.54) is 18.4 Å². The Morgan fingerprint density at radius 3 is 2.89 bits per heavy atom. The number of nitrogens with zero attached hydrogens (tertiary/aromatic N) is 2. The van der Waals surface area contributed by atoms with E-state index in [9.17, 15) is 4.79 Å². The Kier molecular flexibility index (Phi) is 4.31. The lowest BCUT2D eigenvalue weighted by Gasteiger charge is -2.10. The van der Waals surface area contributed by atoms with E-state index in [2.05, 4.69) is 10.6 Å². The Hall–Kier alpha value is -1.70. The van der Waals surface area contributed by atoms with Crippen molar-refractivity contribution in [2.45, 2.75) is 13.2 Å². The third kappa shape index (κ3) is 3.19. The number of aromatic nitrogens is 2. The zero-order chi connectivity index (χ0) is 13.8. The summed E-state index contributed by atoms with van der Waals surface area (Å²) in [4.78, 5) is 18.4. The van der Waals surface area contributed by atoms with Crippen molar-refractivity contribution in [1.29, 1.82) is 0 Å². The summed E-state index contributed by atoms with van der Waals surface area (Å²) in [5.41, 5.74) is 3.31. The third-order valence-electron chi connectivity index (χ3n) is 2.55. The number of ether oxygens (including phenoxy) is 1. The van der Waals surface area contributed by atoms with Crippen molar-refractivity contribution in [3.8, 4) is 10.6 Å². The van der Waals surface area contributed by atoms with Gasteiger partial charge in [-0.2, -0.15) is 5.10 Å². The minimum atomic E-state index is -0.486. The Morgan fingerprint density at radius 2 is 2.26 bits per heavy atom. The van der Waals surface area contributed by atoms with Crippen LogP contribution in [0.5, 0.6) is 0 Å². The van der Waals surface area contributed by atoms with Crippen LogP contribution in [-0.2, 0) is 16.6 Å². The van der Waals surface area contributed by atoms with E-state index in [0.29, 0.717) is 4.88 Å². The standard InChI is InChI=1S/C12H15N3O3S/c1-8(17-3)18-14-12(16)11-5-4-10(19-11)9-6-7-13-15(9)2/h4-8H,1-3H3,(H,14,16). The highest BCUT2D eigenvalue weighted by Crippen LogP contribution is 2.27. The van der Waals surface area contributed by atoms with Gasteiger partial charge >= 0.3 is 0 Å². The molecule has 6 nitrogen and oxygen atoms in total. The molecule has 2 aromatic heterocycles. The molecule has 0 fully saturated rings. The molecule has 0 aliphatic rings. The third-order valence-corrected chi connectivity index (χ3v) is 3.66. The van der Waals surface area contributed by atoms with E-state index in [1.807, 2.05) is 19.2 Å². The molecule has 2 rings (SSSR count). The van der Waals surface area contributed by atoms with Crippen LogP contribution < -0.4 is 5.48 Å². The molecule has 0 aromatic carbocycles. The van der Waals surface area contributed by atoms with E-state index in [4.69, 9.17) is 9.57 Å². The molecule has 19 heavy (non-hydrogen) atoms. The highest BCUT2D eigenvalue weighted by Gasteiger charge is 2.13. The number of hydrogen-bond donors (Lipinski definition) is 1. The molecular formula is C12H15N3O3S. The number of aryl methyl sites for hydroxylation is 1. The molecule has 0 radical (unpaired) electrons. The monoisotopic (exact) mass is 281 g/mol. The van der Waals surface area contributed by atoms with E-state index >= 15 is 0 Å². The van der Waals surface area contributed by atoms with Gasteiger partial charge < -0.3 is 4.74 Å². The topological polar surface area (TPSA) is 65.4 Å². The molecule has 1 atom stereocenters. The zero-order valence-electron chi connectivity index (χ0n) is 10.9. The van der Waals surface area contributed by atoms with Crippen molar-refractivity contribution in [3.63, 3.8) is 0 Å². The van der Waals surface area contributed by atoms with Gasteiger partial charge in [0.2, 0.25) is 0 Å². The van der Waals surface area contributed by atoms with Crippen LogP contribution in [0.3, 0.4) is 0 Å². The Labute approximate surface area is 114 Å². The number of hydroxylamine groups is 1. The van der Waals surface area contributed by atoms with Gasteiger partial charge in [0.15, 0.2) is 6.29 Å². The van der Waals surface area contributed by atoms with Gasteiger partial charge in [-0.1, -0.05) is 0 Å². The molecule has 1 N–H and O–H groups in total. The molecule has 0 spiro atoms. The van der Waals surface area contributed by atoms with Gasteiger partial charge in [0.05, 0.1) is 15.4 Å². The molecule has 0 aliphatic carbocycles. The first-order valence-corrected chi connectivity index (χ1v) is 6.50. The lowest BCUT2D eigenvalue weighted by Crippen LogP contribution is -2.28. The second kappa shape index (κ2) is 5.96. The summed E-state index contributed by atoms with van der Waals surface area (Å²) in [6.45, 7) is 1.69. The molecule has 2 aromatic rings. The average molecular weight is 281 g/mol. The lowest BCUT2D eigenvalue weighted by atomic mass is 10.3. The van der Waals surface area contributed by atoms with E-state index in [0.717, 1.165) is 10.6 Å². The lowest BCUT2D eigenvalue weighted by molar-refractivity contribution is -0.142. The van der Waals surface area contributed by atoms with Crippen molar-refractivity contribution in [2.24, 2.45) is 7.05 Å². The summed E-state index contributed by atoms with van der Waals surface area (Å²) in [6, 6.07) is 5.54. The first-order chi connectivity index (χ1) is 9.11. The van der Waals surface area contributed by atoms with Gasteiger partial charge in [-0.15, -0.1) is 11.3 Å². The number of thiophene rings is 1. The van der Waals surface area contributed by atoms with E-state index in [-0.39, 0.29) is 5.91 Å². The molecule has 0 saturated carbocycles. The Balaban J connectivity index is 2.05. The average Bonchev–Trinajstić information content (AvgIpc) is 3.03. The maximum atomic E-state index is 11.8. The van der Waals surface area contributed by atoms with Gasteiger partial charge in [-0.25, -0.2) is 10.3 Å². The fourth-order valence-electron chi connectivity index (χ4n) is 1.45. The number of methoxy groups -OCH3 is 1. The molecule has 2 heterocycles. The van der Waals surface area contributed by atoms with Crippen molar-refractivity contribution < 1.29 is 14.4 Å². The van der Waals surface area contributed by atoms with Crippen molar-refractivity contribution in [1.82, 2.24) is 15.3 Å². The molecule has 0 saturated heterocycles. The molecule has 0 bridgehead atoms. The minimum absolute atomic E-state index is 0.290. The second-order valence-electron chi connectivity index (χ2n) is 3.86. The molecule has 0 aliphatic heterocycles. The Morgan fingerprint density at radius 1 is 1.47 bits per heavy atom. The molecular weight excluding hydrogens is 266 g/mol. The number of nitrogens with one attached hydrogen (secondary N) is 1. The predicted octanol–water partition coefficient (Wildman–Crippen LogP) is 1.80. The second-order valence-corrected chi connectivity index (χ2v) is 4.94. The van der Waals surface area contributed by atoms with Crippen molar-refractivity contribution in [2.75, 3.05) is 7.11 Å². The van der Waals surface area contributed by atoms with Crippen molar-refractivity contribution in [3.05, 3.63) is 29.3 Å². The largest absolute Gasteiger partial charge is 0.354 e. The van der Waals surface area contributed by atoms with Crippen LogP contribution in [0.25, 0.3) is 10.6 Å². The first-order valence-electron chi connectivity index (χ1n) is 5.69. The van der Waals surface area contributed by atoms with Gasteiger partial charge in [0, 0.05) is 20.4 Å². The van der Waals surface area contributed by atoms with Gasteiger partial charge in [-0.05, 0) is 25.1 Å². The number of carbonyl (C=O) groups is 1. The number of carbonyl (C=O) groups excluding carboxylic acids is 1. The van der Waals surface area contributed by atoms with Crippen LogP contribution in [0.2, 0.25) is 0 Å². The number of hydrogen-bond acceptors (Lipinski definition) is 5. The summed E-state index contributed by atoms with van der Waals surface area (Å²) in [6.07, 6.45) is 1.23. The zero-order valence-corrected chi connectivity index (χ0v) is 11.7. The van der Waals surface area contributed by atoms with Gasteiger partial charge in [0.25, 0.3) is 5.91 Å². The van der Waals surface area contributed by atoms with Crippen LogP contribution in [0.4, 0.5) is 0 Å². The van der Waals surface area contributed by atoms with E-state index < -0.39 is 6.29 Å². The molecule has 7 heteroatoms. The normalized spacial score (nSPS) is 12.4. The SMILES string of the molecule is COC(C)ONC(=O)c1ccc(-c2ccnn2C)s1. The number of rotatable bonds is 5. The van der Waals surface area contributed by atoms with Crippen molar-refractivity contribution >= 4 is 17.2 Å². The van der Waals surface area contributed by atoms with E-state index in [1.54, 1.807) is 23.9 Å². The van der Waals surface area contributed by atoms with Crippen LogP contribution in [0.1, 0.15) is 16.6 Å². The van der Waals surface area contributed by atoms with Gasteiger partial charge in [0.1, 0.15) is 0 Å². The number of amides is 1. The quantitative estimate of drug-likeness (QED) is 0.670. The summed E-state index contributed by atoms with van der Waals surface area (Å²) in [7, 11) is 3.36.